The van der Waals surface area contributed by atoms with Crippen molar-refractivity contribution in [2.45, 2.75) is 57.3 Å². The lowest BCUT2D eigenvalue weighted by molar-refractivity contribution is 0.164. The first-order valence-corrected chi connectivity index (χ1v) is 7.09. The fraction of sp³-hybridized carbons (Fsp3) is 0.667. The summed E-state index contributed by atoms with van der Waals surface area (Å²) in [5.41, 5.74) is 2.53. The second-order valence-corrected chi connectivity index (χ2v) is 5.95. The summed E-state index contributed by atoms with van der Waals surface area (Å²) in [7, 11) is 2.25. The second-order valence-electron chi connectivity index (χ2n) is 5.95. The fourth-order valence-corrected chi connectivity index (χ4v) is 3.44. The van der Waals surface area contributed by atoms with E-state index in [1.165, 1.54) is 36.9 Å². The van der Waals surface area contributed by atoms with Crippen LogP contribution >= 0.6 is 12.4 Å². The smallest absolute Gasteiger partial charge is 0.0573 e. The Labute approximate surface area is 122 Å². The van der Waals surface area contributed by atoms with Gasteiger partial charge < -0.3 is 5.32 Å². The monoisotopic (exact) mass is 281 g/mol. The summed E-state index contributed by atoms with van der Waals surface area (Å²) in [5.74, 6) is 0. The average molecular weight is 282 g/mol. The Kier molecular flexibility index (Phi) is 4.82. The van der Waals surface area contributed by atoms with Crippen molar-refractivity contribution in [3.63, 3.8) is 0 Å². The maximum atomic E-state index is 4.51. The molecule has 2 aliphatic rings. The fourth-order valence-electron chi connectivity index (χ4n) is 3.44. The summed E-state index contributed by atoms with van der Waals surface area (Å²) in [5, 5.41) is 3.71. The Bertz CT molecular complexity index is 412. The predicted octanol–water partition coefficient (Wildman–Crippen LogP) is 2.53. The molecule has 106 valence electrons. The van der Waals surface area contributed by atoms with Gasteiger partial charge in [-0.15, -0.1) is 12.4 Å². The first kappa shape index (κ1) is 14.8. The highest BCUT2D eigenvalue weighted by Crippen LogP contribution is 2.29. The molecule has 2 fully saturated rings. The highest BCUT2D eigenvalue weighted by atomic mass is 35.5. The number of nitrogens with one attached hydrogen (secondary N) is 1. The number of pyridine rings is 1. The molecule has 1 N–H and O–H groups in total. The molecule has 3 heterocycles. The van der Waals surface area contributed by atoms with Crippen molar-refractivity contribution in [1.82, 2.24) is 15.2 Å². The second kappa shape index (κ2) is 6.21. The van der Waals surface area contributed by atoms with E-state index in [0.29, 0.717) is 0 Å². The molecule has 0 radical (unpaired) electrons. The molecule has 0 aliphatic carbocycles. The summed E-state index contributed by atoms with van der Waals surface area (Å²) in [4.78, 5) is 7.01. The topological polar surface area (TPSA) is 28.2 Å². The van der Waals surface area contributed by atoms with Gasteiger partial charge in [-0.05, 0) is 51.3 Å². The van der Waals surface area contributed by atoms with E-state index in [2.05, 4.69) is 35.2 Å². The number of aryl methyl sites for hydroxylation is 1. The predicted molar refractivity (Wildman–Crippen MR) is 80.7 cm³/mol. The van der Waals surface area contributed by atoms with Crippen molar-refractivity contribution in [3.8, 4) is 0 Å². The molecule has 2 bridgehead atoms. The molecule has 19 heavy (non-hydrogen) atoms. The lowest BCUT2D eigenvalue weighted by atomic mass is 9.98. The molecule has 2 unspecified atom stereocenters. The standard InChI is InChI=1S/C15H23N3.ClH/c1-11-4-3-7-16-15(11)10-18(2)14-8-12-5-6-13(9-14)17-12;/h3-4,7,12-14,17H,5-6,8-10H2,1-2H3;1H. The quantitative estimate of drug-likeness (QED) is 0.923. The van der Waals surface area contributed by atoms with Gasteiger partial charge in [-0.1, -0.05) is 6.07 Å². The van der Waals surface area contributed by atoms with E-state index in [9.17, 15) is 0 Å². The number of aromatic nitrogens is 1. The molecule has 0 spiro atoms. The van der Waals surface area contributed by atoms with E-state index < -0.39 is 0 Å². The summed E-state index contributed by atoms with van der Waals surface area (Å²) in [6, 6.07) is 6.43. The molecule has 0 aromatic carbocycles. The summed E-state index contributed by atoms with van der Waals surface area (Å²) >= 11 is 0. The SMILES string of the molecule is Cc1cccnc1CN(C)C1CC2CCC(C1)N2.Cl. The van der Waals surface area contributed by atoms with E-state index in [1.807, 2.05) is 12.3 Å². The Morgan fingerprint density at radius 1 is 1.32 bits per heavy atom. The molecule has 2 aliphatic heterocycles. The molecular formula is C15H24ClN3. The van der Waals surface area contributed by atoms with Crippen LogP contribution in [0, 0.1) is 6.92 Å². The highest BCUT2D eigenvalue weighted by molar-refractivity contribution is 5.85. The van der Waals surface area contributed by atoms with Crippen molar-refractivity contribution in [3.05, 3.63) is 29.6 Å². The van der Waals surface area contributed by atoms with Gasteiger partial charge >= 0.3 is 0 Å². The maximum absolute atomic E-state index is 4.51. The largest absolute Gasteiger partial charge is 0.311 e. The third kappa shape index (κ3) is 3.28. The van der Waals surface area contributed by atoms with Crippen LogP contribution < -0.4 is 5.32 Å². The Morgan fingerprint density at radius 3 is 2.63 bits per heavy atom. The molecule has 2 atom stereocenters. The van der Waals surface area contributed by atoms with Crippen LogP contribution in [0.25, 0.3) is 0 Å². The van der Waals surface area contributed by atoms with E-state index in [1.54, 1.807) is 0 Å². The van der Waals surface area contributed by atoms with Crippen LogP contribution in [0.1, 0.15) is 36.9 Å². The molecule has 3 rings (SSSR count). The normalized spacial score (nSPS) is 29.3. The Morgan fingerprint density at radius 2 is 2.00 bits per heavy atom. The zero-order valence-corrected chi connectivity index (χ0v) is 12.6. The van der Waals surface area contributed by atoms with Gasteiger partial charge in [0.1, 0.15) is 0 Å². The van der Waals surface area contributed by atoms with E-state index in [-0.39, 0.29) is 12.4 Å². The van der Waals surface area contributed by atoms with Crippen LogP contribution in [0.3, 0.4) is 0 Å². The van der Waals surface area contributed by atoms with Crippen molar-refractivity contribution in [1.29, 1.82) is 0 Å². The molecule has 0 amide bonds. The average Bonchev–Trinajstić information content (AvgIpc) is 2.71. The molecule has 2 saturated heterocycles. The number of rotatable bonds is 3. The lowest BCUT2D eigenvalue weighted by Crippen LogP contribution is -2.46. The van der Waals surface area contributed by atoms with Crippen molar-refractivity contribution in [2.75, 3.05) is 7.05 Å². The van der Waals surface area contributed by atoms with Crippen molar-refractivity contribution in [2.24, 2.45) is 0 Å². The molecule has 0 saturated carbocycles. The maximum Gasteiger partial charge on any atom is 0.0573 e. The van der Waals surface area contributed by atoms with Crippen molar-refractivity contribution >= 4 is 12.4 Å². The van der Waals surface area contributed by atoms with Gasteiger partial charge in [0.25, 0.3) is 0 Å². The minimum atomic E-state index is 0. The number of fused-ring (bicyclic) bond motifs is 2. The minimum absolute atomic E-state index is 0. The zero-order valence-electron chi connectivity index (χ0n) is 11.8. The van der Waals surface area contributed by atoms with Crippen LogP contribution in [0.5, 0.6) is 0 Å². The molecule has 4 heteroatoms. The molecule has 3 nitrogen and oxygen atoms in total. The van der Waals surface area contributed by atoms with Crippen LogP contribution in [0.4, 0.5) is 0 Å². The Hall–Kier alpha value is -0.640. The van der Waals surface area contributed by atoms with Gasteiger partial charge in [0.2, 0.25) is 0 Å². The van der Waals surface area contributed by atoms with Gasteiger partial charge in [-0.2, -0.15) is 0 Å². The van der Waals surface area contributed by atoms with Gasteiger partial charge in [0.15, 0.2) is 0 Å². The van der Waals surface area contributed by atoms with Crippen LogP contribution in [-0.2, 0) is 6.54 Å². The molecular weight excluding hydrogens is 258 g/mol. The third-order valence-electron chi connectivity index (χ3n) is 4.59. The molecule has 1 aromatic heterocycles. The molecule has 1 aromatic rings. The first-order chi connectivity index (χ1) is 8.72. The number of piperidine rings is 1. The summed E-state index contributed by atoms with van der Waals surface area (Å²) in [6.45, 7) is 3.14. The van der Waals surface area contributed by atoms with Gasteiger partial charge in [0, 0.05) is 30.9 Å². The minimum Gasteiger partial charge on any atom is -0.311 e. The summed E-state index contributed by atoms with van der Waals surface area (Å²) < 4.78 is 0. The first-order valence-electron chi connectivity index (χ1n) is 7.09. The highest BCUT2D eigenvalue weighted by Gasteiger charge is 2.35. The van der Waals surface area contributed by atoms with Crippen LogP contribution in [0.2, 0.25) is 0 Å². The number of nitrogens with zero attached hydrogens (tertiary/aromatic N) is 2. The number of hydrogen-bond acceptors (Lipinski definition) is 3. The van der Waals surface area contributed by atoms with E-state index in [0.717, 1.165) is 24.7 Å². The Balaban J connectivity index is 0.00000133. The number of hydrogen-bond donors (Lipinski definition) is 1. The third-order valence-corrected chi connectivity index (χ3v) is 4.59. The van der Waals surface area contributed by atoms with E-state index in [4.69, 9.17) is 0 Å². The van der Waals surface area contributed by atoms with Gasteiger partial charge in [-0.25, -0.2) is 0 Å². The summed E-state index contributed by atoms with van der Waals surface area (Å²) in [6.07, 6.45) is 7.26. The van der Waals surface area contributed by atoms with Gasteiger partial charge in [-0.3, -0.25) is 9.88 Å². The van der Waals surface area contributed by atoms with Gasteiger partial charge in [0.05, 0.1) is 5.69 Å². The van der Waals surface area contributed by atoms with Crippen LogP contribution in [-0.4, -0.2) is 35.1 Å². The van der Waals surface area contributed by atoms with Crippen LogP contribution in [0.15, 0.2) is 18.3 Å². The zero-order chi connectivity index (χ0) is 12.5. The van der Waals surface area contributed by atoms with E-state index >= 15 is 0 Å². The van der Waals surface area contributed by atoms with Crippen molar-refractivity contribution < 1.29 is 0 Å². The lowest BCUT2D eigenvalue weighted by Gasteiger charge is -2.35. The number of halogens is 1.